The van der Waals surface area contributed by atoms with Gasteiger partial charge < -0.3 is 5.32 Å². The maximum absolute atomic E-state index is 7.17. The molecule has 3 heteroatoms. The highest BCUT2D eigenvalue weighted by molar-refractivity contribution is 7.96. The van der Waals surface area contributed by atoms with Crippen molar-refractivity contribution in [1.29, 1.82) is 5.41 Å². The van der Waals surface area contributed by atoms with Gasteiger partial charge in [0.1, 0.15) is 0 Å². The molecule has 1 fully saturated rings. The molecule has 1 rings (SSSR count). The second-order valence-electron chi connectivity index (χ2n) is 3.36. The predicted molar refractivity (Wildman–Crippen MR) is 51.3 cm³/mol. The third-order valence-electron chi connectivity index (χ3n) is 2.43. The maximum Gasteiger partial charge on any atom is 0.150 e. The molecule has 0 heterocycles. The van der Waals surface area contributed by atoms with Crippen LogP contribution in [-0.4, -0.2) is 11.2 Å². The molecule has 64 valence electrons. The van der Waals surface area contributed by atoms with E-state index < -0.39 is 0 Å². The normalized spacial score (nSPS) is 31.5. The number of hydrogen-bond acceptors (Lipinski definition) is 1. The number of hydrogen-bond donors (Lipinski definition) is 3. The number of nitrogens with one attached hydrogen (secondary N) is 2. The molecule has 0 aromatic carbocycles. The van der Waals surface area contributed by atoms with Crippen LogP contribution in [0.5, 0.6) is 0 Å². The van der Waals surface area contributed by atoms with Gasteiger partial charge in [-0.25, -0.2) is 0 Å². The lowest BCUT2D eigenvalue weighted by Crippen LogP contribution is -2.38. The summed E-state index contributed by atoms with van der Waals surface area (Å²) in [5.41, 5.74) is 0. The molecule has 2 nitrogen and oxygen atoms in total. The Labute approximate surface area is 73.7 Å². The SMILES string of the molecule is C[C@@H]1CCCC[C@@H]1NC(=N)S. The summed E-state index contributed by atoms with van der Waals surface area (Å²) >= 11 is 3.92. The van der Waals surface area contributed by atoms with Crippen LogP contribution in [0.2, 0.25) is 0 Å². The zero-order chi connectivity index (χ0) is 8.27. The van der Waals surface area contributed by atoms with Gasteiger partial charge in [-0.1, -0.05) is 19.8 Å². The van der Waals surface area contributed by atoms with E-state index in [0.29, 0.717) is 17.1 Å². The second-order valence-corrected chi connectivity index (χ2v) is 3.81. The highest BCUT2D eigenvalue weighted by Crippen LogP contribution is 2.23. The fourth-order valence-corrected chi connectivity index (χ4v) is 1.87. The molecular formula is C8H16N2S. The van der Waals surface area contributed by atoms with Crippen LogP contribution >= 0.6 is 12.6 Å². The number of amidine groups is 1. The minimum absolute atomic E-state index is 0.309. The van der Waals surface area contributed by atoms with Crippen molar-refractivity contribution in [1.82, 2.24) is 5.32 Å². The van der Waals surface area contributed by atoms with Gasteiger partial charge in [0.05, 0.1) is 0 Å². The van der Waals surface area contributed by atoms with Gasteiger partial charge in [-0.15, -0.1) is 12.6 Å². The molecule has 0 amide bonds. The van der Waals surface area contributed by atoms with Crippen LogP contribution in [0.1, 0.15) is 32.6 Å². The van der Waals surface area contributed by atoms with Crippen molar-refractivity contribution < 1.29 is 0 Å². The van der Waals surface area contributed by atoms with Gasteiger partial charge in [-0.2, -0.15) is 0 Å². The second kappa shape index (κ2) is 4.00. The lowest BCUT2D eigenvalue weighted by Gasteiger charge is -2.29. The van der Waals surface area contributed by atoms with Crippen molar-refractivity contribution >= 4 is 17.8 Å². The lowest BCUT2D eigenvalue weighted by atomic mass is 9.86. The van der Waals surface area contributed by atoms with E-state index in [0.717, 1.165) is 0 Å². The molecule has 1 aliphatic carbocycles. The Morgan fingerprint density at radius 3 is 2.64 bits per heavy atom. The molecule has 2 atom stereocenters. The minimum atomic E-state index is 0.309. The Morgan fingerprint density at radius 2 is 2.09 bits per heavy atom. The first kappa shape index (κ1) is 8.91. The first-order valence-electron chi connectivity index (χ1n) is 4.24. The third-order valence-corrected chi connectivity index (χ3v) is 2.56. The van der Waals surface area contributed by atoms with Crippen molar-refractivity contribution in [3.63, 3.8) is 0 Å². The van der Waals surface area contributed by atoms with Crippen LogP contribution in [0.3, 0.4) is 0 Å². The Hall–Kier alpha value is -0.180. The first-order valence-corrected chi connectivity index (χ1v) is 4.69. The monoisotopic (exact) mass is 172 g/mol. The molecule has 0 radical (unpaired) electrons. The third kappa shape index (κ3) is 2.73. The largest absolute Gasteiger partial charge is 0.362 e. The summed E-state index contributed by atoms with van der Waals surface area (Å²) in [5.74, 6) is 0.705. The van der Waals surface area contributed by atoms with Crippen LogP contribution in [0, 0.1) is 11.3 Å². The Kier molecular flexibility index (Phi) is 3.24. The van der Waals surface area contributed by atoms with Crippen LogP contribution in [0.15, 0.2) is 0 Å². The first-order chi connectivity index (χ1) is 5.20. The van der Waals surface area contributed by atoms with Gasteiger partial charge in [0, 0.05) is 6.04 Å². The van der Waals surface area contributed by atoms with Gasteiger partial charge in [-0.3, -0.25) is 5.41 Å². The average Bonchev–Trinajstić information content (AvgIpc) is 1.93. The standard InChI is InChI=1S/C8H16N2S/c1-6-4-2-3-5-7(6)10-8(9)11/h6-7H,2-5H2,1H3,(H3,9,10,11)/t6-,7+/m1/s1. The summed E-state index contributed by atoms with van der Waals surface area (Å²) in [4.78, 5) is 0. The zero-order valence-electron chi connectivity index (χ0n) is 6.93. The Morgan fingerprint density at radius 1 is 1.45 bits per heavy atom. The van der Waals surface area contributed by atoms with Crippen LogP contribution < -0.4 is 5.32 Å². The summed E-state index contributed by atoms with van der Waals surface area (Å²) in [6.45, 7) is 2.24. The van der Waals surface area contributed by atoms with Crippen LogP contribution in [0.4, 0.5) is 0 Å². The average molecular weight is 172 g/mol. The molecule has 0 spiro atoms. The van der Waals surface area contributed by atoms with Crippen LogP contribution in [0.25, 0.3) is 0 Å². The van der Waals surface area contributed by atoms with Gasteiger partial charge in [-0.05, 0) is 18.8 Å². The van der Waals surface area contributed by atoms with E-state index in [9.17, 15) is 0 Å². The van der Waals surface area contributed by atoms with Crippen molar-refractivity contribution in [3.8, 4) is 0 Å². The van der Waals surface area contributed by atoms with Gasteiger partial charge in [0.25, 0.3) is 0 Å². The topological polar surface area (TPSA) is 35.9 Å². The van der Waals surface area contributed by atoms with E-state index in [1.807, 2.05) is 0 Å². The van der Waals surface area contributed by atoms with E-state index in [1.165, 1.54) is 25.7 Å². The Balaban J connectivity index is 2.35. The molecule has 0 aromatic rings. The molecule has 0 aromatic heterocycles. The molecule has 0 unspecified atom stereocenters. The summed E-state index contributed by atoms with van der Waals surface area (Å²) in [6.07, 6.45) is 5.13. The van der Waals surface area contributed by atoms with E-state index in [-0.39, 0.29) is 0 Å². The van der Waals surface area contributed by atoms with Crippen molar-refractivity contribution in [2.75, 3.05) is 0 Å². The smallest absolute Gasteiger partial charge is 0.150 e. The lowest BCUT2D eigenvalue weighted by molar-refractivity contribution is 0.309. The molecule has 0 aliphatic heterocycles. The Bertz CT molecular complexity index is 147. The van der Waals surface area contributed by atoms with E-state index in [2.05, 4.69) is 24.9 Å². The van der Waals surface area contributed by atoms with Gasteiger partial charge in [0.2, 0.25) is 0 Å². The summed E-state index contributed by atoms with van der Waals surface area (Å²) in [5, 5.41) is 10.6. The molecule has 2 N–H and O–H groups in total. The molecule has 0 bridgehead atoms. The zero-order valence-corrected chi connectivity index (χ0v) is 7.82. The highest BCUT2D eigenvalue weighted by Gasteiger charge is 2.20. The number of rotatable bonds is 1. The van der Waals surface area contributed by atoms with E-state index in [1.54, 1.807) is 0 Å². The van der Waals surface area contributed by atoms with E-state index in [4.69, 9.17) is 5.41 Å². The predicted octanol–water partition coefficient (Wildman–Crippen LogP) is 2.02. The minimum Gasteiger partial charge on any atom is -0.362 e. The quantitative estimate of drug-likeness (QED) is 0.316. The fourth-order valence-electron chi connectivity index (χ4n) is 1.71. The molecule has 0 saturated heterocycles. The van der Waals surface area contributed by atoms with Crippen molar-refractivity contribution in [3.05, 3.63) is 0 Å². The summed E-state index contributed by atoms with van der Waals surface area (Å²) < 4.78 is 0. The molecular weight excluding hydrogens is 156 g/mol. The van der Waals surface area contributed by atoms with Gasteiger partial charge >= 0.3 is 0 Å². The molecule has 1 saturated carbocycles. The molecule has 1 aliphatic rings. The highest BCUT2D eigenvalue weighted by atomic mass is 32.1. The molecule has 11 heavy (non-hydrogen) atoms. The van der Waals surface area contributed by atoms with Gasteiger partial charge in [0.15, 0.2) is 5.17 Å². The van der Waals surface area contributed by atoms with Crippen LogP contribution in [-0.2, 0) is 0 Å². The van der Waals surface area contributed by atoms with Crippen molar-refractivity contribution in [2.45, 2.75) is 38.6 Å². The maximum atomic E-state index is 7.17. The fraction of sp³-hybridized carbons (Fsp3) is 0.875. The van der Waals surface area contributed by atoms with Crippen molar-refractivity contribution in [2.24, 2.45) is 5.92 Å². The summed E-state index contributed by atoms with van der Waals surface area (Å²) in [7, 11) is 0. The van der Waals surface area contributed by atoms with E-state index >= 15 is 0 Å². The summed E-state index contributed by atoms with van der Waals surface area (Å²) in [6, 6.07) is 0.494. The number of thiol groups is 1.